The minimum Gasteiger partial charge on any atom is -0.381 e. The van der Waals surface area contributed by atoms with Gasteiger partial charge in [0.1, 0.15) is 10.8 Å². The summed E-state index contributed by atoms with van der Waals surface area (Å²) in [5.41, 5.74) is 2.08. The van der Waals surface area contributed by atoms with Crippen LogP contribution in [-0.4, -0.2) is 50.8 Å². The van der Waals surface area contributed by atoms with Crippen molar-refractivity contribution in [2.24, 2.45) is 5.92 Å². The lowest BCUT2D eigenvalue weighted by molar-refractivity contribution is -0.0276. The van der Waals surface area contributed by atoms with Crippen LogP contribution in [0.3, 0.4) is 0 Å². The van der Waals surface area contributed by atoms with E-state index in [1.54, 1.807) is 11.3 Å². The summed E-state index contributed by atoms with van der Waals surface area (Å²) in [6, 6.07) is 0. The number of H-pyrrole nitrogens is 1. The number of aromatic nitrogens is 5. The number of thiazole rings is 1. The first-order valence-corrected chi connectivity index (χ1v) is 9.79. The smallest absolute Gasteiger partial charge is 0.241 e. The first-order chi connectivity index (χ1) is 12.3. The molecule has 0 atom stereocenters. The number of ether oxygens (including phenoxy) is 1. The zero-order chi connectivity index (χ0) is 16.8. The van der Waals surface area contributed by atoms with Crippen molar-refractivity contribution in [3.05, 3.63) is 16.1 Å². The Hall–Kier alpha value is -2.04. The van der Waals surface area contributed by atoms with Crippen molar-refractivity contribution < 1.29 is 4.74 Å². The van der Waals surface area contributed by atoms with Gasteiger partial charge in [0.25, 0.3) is 0 Å². The monoisotopic (exact) mass is 375 g/mol. The topological polar surface area (TPSA) is 91.8 Å². The lowest BCUT2D eigenvalue weighted by atomic mass is 10.1. The van der Waals surface area contributed by atoms with E-state index in [0.717, 1.165) is 59.9 Å². The Bertz CT molecular complexity index is 897. The number of aryl methyl sites for hydroxylation is 1. The van der Waals surface area contributed by atoms with Gasteiger partial charge in [-0.15, -0.1) is 11.3 Å². The molecule has 2 aliphatic rings. The van der Waals surface area contributed by atoms with Crippen molar-refractivity contribution in [3.63, 3.8) is 0 Å². The van der Waals surface area contributed by atoms with E-state index in [9.17, 15) is 0 Å². The Morgan fingerprint density at radius 3 is 3.08 bits per heavy atom. The average molecular weight is 375 g/mol. The first kappa shape index (κ1) is 15.2. The SMILES string of the molecule is Cc1nc(Nc2nc3c(s2)CCN(CC2COC2)c2[nH]ncc2-3)ns1. The Labute approximate surface area is 152 Å². The van der Waals surface area contributed by atoms with Crippen LogP contribution in [0.5, 0.6) is 0 Å². The summed E-state index contributed by atoms with van der Waals surface area (Å²) in [7, 11) is 0. The van der Waals surface area contributed by atoms with E-state index < -0.39 is 0 Å². The van der Waals surface area contributed by atoms with Gasteiger partial charge in [0, 0.05) is 30.3 Å². The van der Waals surface area contributed by atoms with Crippen molar-refractivity contribution in [2.75, 3.05) is 36.5 Å². The molecule has 2 N–H and O–H groups in total. The molecular weight excluding hydrogens is 358 g/mol. The quantitative estimate of drug-likeness (QED) is 0.723. The fourth-order valence-electron chi connectivity index (χ4n) is 3.16. The van der Waals surface area contributed by atoms with Crippen LogP contribution in [-0.2, 0) is 11.2 Å². The third-order valence-electron chi connectivity index (χ3n) is 4.43. The predicted molar refractivity (Wildman–Crippen MR) is 97.9 cm³/mol. The zero-order valence-electron chi connectivity index (χ0n) is 13.7. The highest BCUT2D eigenvalue weighted by molar-refractivity contribution is 7.16. The van der Waals surface area contributed by atoms with E-state index in [2.05, 4.69) is 29.8 Å². The fourth-order valence-corrected chi connectivity index (χ4v) is 4.55. The molecule has 8 nitrogen and oxygen atoms in total. The number of nitrogens with one attached hydrogen (secondary N) is 2. The molecule has 5 heterocycles. The van der Waals surface area contributed by atoms with Gasteiger partial charge in [-0.25, -0.2) is 9.97 Å². The molecule has 10 heteroatoms. The highest BCUT2D eigenvalue weighted by Crippen LogP contribution is 2.39. The Balaban J connectivity index is 1.44. The minimum atomic E-state index is 0.608. The van der Waals surface area contributed by atoms with Crippen molar-refractivity contribution in [2.45, 2.75) is 13.3 Å². The molecule has 0 aliphatic carbocycles. The van der Waals surface area contributed by atoms with Crippen molar-refractivity contribution in [1.82, 2.24) is 24.5 Å². The molecule has 0 saturated carbocycles. The normalized spacial score (nSPS) is 16.9. The van der Waals surface area contributed by atoms with E-state index in [1.807, 2.05) is 13.1 Å². The van der Waals surface area contributed by atoms with Crippen LogP contribution in [0.25, 0.3) is 11.3 Å². The summed E-state index contributed by atoms with van der Waals surface area (Å²) in [5, 5.41) is 12.4. The van der Waals surface area contributed by atoms with Gasteiger partial charge in [-0.1, -0.05) is 0 Å². The van der Waals surface area contributed by atoms with Crippen LogP contribution in [0.4, 0.5) is 16.9 Å². The van der Waals surface area contributed by atoms with Gasteiger partial charge in [0.15, 0.2) is 5.13 Å². The molecule has 0 radical (unpaired) electrons. The van der Waals surface area contributed by atoms with E-state index >= 15 is 0 Å². The zero-order valence-corrected chi connectivity index (χ0v) is 15.3. The van der Waals surface area contributed by atoms with Crippen LogP contribution in [0.1, 0.15) is 9.88 Å². The van der Waals surface area contributed by atoms with Crippen LogP contribution in [0, 0.1) is 12.8 Å². The third kappa shape index (κ3) is 2.79. The minimum absolute atomic E-state index is 0.608. The van der Waals surface area contributed by atoms with Crippen molar-refractivity contribution in [1.29, 1.82) is 0 Å². The van der Waals surface area contributed by atoms with E-state index in [4.69, 9.17) is 9.72 Å². The fraction of sp³-hybridized carbons (Fsp3) is 0.467. The number of anilines is 3. The molecule has 25 heavy (non-hydrogen) atoms. The highest BCUT2D eigenvalue weighted by Gasteiger charge is 2.29. The summed E-state index contributed by atoms with van der Waals surface area (Å²) in [6.07, 6.45) is 2.84. The Morgan fingerprint density at radius 2 is 2.32 bits per heavy atom. The second kappa shape index (κ2) is 6.04. The molecule has 3 aromatic rings. The Morgan fingerprint density at radius 1 is 1.40 bits per heavy atom. The van der Waals surface area contributed by atoms with Crippen molar-refractivity contribution in [3.8, 4) is 11.3 Å². The van der Waals surface area contributed by atoms with Gasteiger partial charge < -0.3 is 9.64 Å². The first-order valence-electron chi connectivity index (χ1n) is 8.20. The van der Waals surface area contributed by atoms with Crippen LogP contribution in [0.2, 0.25) is 0 Å². The van der Waals surface area contributed by atoms with Gasteiger partial charge in [0.2, 0.25) is 5.95 Å². The van der Waals surface area contributed by atoms with Crippen LogP contribution >= 0.6 is 22.9 Å². The standard InChI is InChI=1S/C15H17N7OS2/c1-8-17-14(21-25-8)19-15-18-12-10-4-16-20-13(10)22(3-2-11(12)24-15)5-9-6-23-7-9/h4,9H,2-3,5-7H2,1H3,(H,16,20)(H,18,19,21). The Kier molecular flexibility index (Phi) is 3.68. The largest absolute Gasteiger partial charge is 0.381 e. The van der Waals surface area contributed by atoms with E-state index in [0.29, 0.717) is 11.9 Å². The maximum Gasteiger partial charge on any atom is 0.241 e. The molecule has 1 fully saturated rings. The van der Waals surface area contributed by atoms with E-state index in [-0.39, 0.29) is 0 Å². The molecule has 5 rings (SSSR count). The van der Waals surface area contributed by atoms with E-state index in [1.165, 1.54) is 16.4 Å². The number of nitrogens with zero attached hydrogens (tertiary/aromatic N) is 5. The van der Waals surface area contributed by atoms with Gasteiger partial charge in [0.05, 0.1) is 30.7 Å². The second-order valence-electron chi connectivity index (χ2n) is 6.28. The average Bonchev–Trinajstić information content (AvgIpc) is 3.25. The maximum absolute atomic E-state index is 5.32. The number of fused-ring (bicyclic) bond motifs is 3. The summed E-state index contributed by atoms with van der Waals surface area (Å²) in [6.45, 7) is 5.60. The number of hydrogen-bond acceptors (Lipinski definition) is 9. The van der Waals surface area contributed by atoms with Gasteiger partial charge >= 0.3 is 0 Å². The maximum atomic E-state index is 5.32. The van der Waals surface area contributed by atoms with Crippen molar-refractivity contribution >= 4 is 39.8 Å². The molecule has 0 aromatic carbocycles. The molecule has 0 bridgehead atoms. The lowest BCUT2D eigenvalue weighted by Crippen LogP contribution is -2.40. The lowest BCUT2D eigenvalue weighted by Gasteiger charge is -2.32. The number of rotatable bonds is 4. The molecule has 0 amide bonds. The number of aromatic amines is 1. The molecule has 0 unspecified atom stereocenters. The summed E-state index contributed by atoms with van der Waals surface area (Å²) in [5.74, 6) is 2.28. The summed E-state index contributed by atoms with van der Waals surface area (Å²) >= 11 is 3.06. The third-order valence-corrected chi connectivity index (χ3v) is 6.08. The molecule has 3 aromatic heterocycles. The molecule has 2 aliphatic heterocycles. The molecule has 1 saturated heterocycles. The van der Waals surface area contributed by atoms with Crippen LogP contribution in [0.15, 0.2) is 6.20 Å². The summed E-state index contributed by atoms with van der Waals surface area (Å²) < 4.78 is 9.59. The molecule has 130 valence electrons. The second-order valence-corrected chi connectivity index (χ2v) is 8.32. The highest BCUT2D eigenvalue weighted by atomic mass is 32.1. The molecule has 0 spiro atoms. The van der Waals surface area contributed by atoms with Crippen LogP contribution < -0.4 is 10.2 Å². The van der Waals surface area contributed by atoms with Gasteiger partial charge in [-0.2, -0.15) is 9.47 Å². The summed E-state index contributed by atoms with van der Waals surface area (Å²) in [4.78, 5) is 12.8. The van der Waals surface area contributed by atoms with Gasteiger partial charge in [-0.05, 0) is 18.5 Å². The number of hydrogen-bond donors (Lipinski definition) is 2. The van der Waals surface area contributed by atoms with Gasteiger partial charge in [-0.3, -0.25) is 10.4 Å². The predicted octanol–water partition coefficient (Wildman–Crippen LogP) is 2.45. The molecular formula is C15H17N7OS2.